The molecule has 21 unspecified atom stereocenters. The van der Waals surface area contributed by atoms with Crippen LogP contribution in [0.5, 0.6) is 0 Å². The lowest BCUT2D eigenvalue weighted by molar-refractivity contribution is -0.159. The molecule has 0 saturated carbocycles. The van der Waals surface area contributed by atoms with Gasteiger partial charge in [0.15, 0.2) is 23.1 Å². The molecule has 22 heteroatoms. The maximum absolute atomic E-state index is 10.7. The Morgan fingerprint density at radius 1 is 0.370 bits per heavy atom. The van der Waals surface area contributed by atoms with Gasteiger partial charge in [0, 0.05) is 19.3 Å². The van der Waals surface area contributed by atoms with Gasteiger partial charge in [-0.25, -0.2) is 0 Å². The van der Waals surface area contributed by atoms with Crippen LogP contribution in [-0.2, 0) is 80.5 Å². The van der Waals surface area contributed by atoms with E-state index in [9.17, 15) is 25.5 Å². The predicted molar refractivity (Wildman–Crippen MR) is 519 cm³/mol. The van der Waals surface area contributed by atoms with Gasteiger partial charge in [0.1, 0.15) is 24.4 Å². The molecule has 0 bridgehead atoms. The summed E-state index contributed by atoms with van der Waals surface area (Å²) < 4.78 is 101. The van der Waals surface area contributed by atoms with E-state index in [1.807, 2.05) is 55.4 Å². The summed E-state index contributed by atoms with van der Waals surface area (Å²) in [7, 11) is 0. The van der Waals surface area contributed by atoms with Gasteiger partial charge in [0.2, 0.25) is 0 Å². The summed E-state index contributed by atoms with van der Waals surface area (Å²) in [6.07, 6.45) is 31.1. The molecule has 21 atom stereocenters. The van der Waals surface area contributed by atoms with E-state index >= 15 is 0 Å². The van der Waals surface area contributed by atoms with Crippen molar-refractivity contribution in [1.82, 2.24) is 0 Å². The largest absolute Gasteiger partial charge is 0.390 e. The summed E-state index contributed by atoms with van der Waals surface area (Å²) in [4.78, 5) is 0. The van der Waals surface area contributed by atoms with Crippen molar-refractivity contribution < 1.29 is 106 Å². The van der Waals surface area contributed by atoms with E-state index in [0.717, 1.165) is 96.3 Å². The number of hydrogen-bond donors (Lipinski definition) is 5. The van der Waals surface area contributed by atoms with E-state index in [1.54, 1.807) is 0 Å². The fourth-order valence-electron chi connectivity index (χ4n) is 18.0. The number of ether oxygens (including phenoxy) is 17. The third-order valence-electron chi connectivity index (χ3n) is 24.9. The van der Waals surface area contributed by atoms with Crippen molar-refractivity contribution in [1.29, 1.82) is 0 Å². The summed E-state index contributed by atoms with van der Waals surface area (Å²) in [5, 5.41) is 52.6. The highest BCUT2D eigenvalue weighted by molar-refractivity contribution is 4.97. The fraction of sp³-hybridized carbons (Fsp3) is 1.00. The smallest absolute Gasteiger partial charge is 0.163 e. The van der Waals surface area contributed by atoms with Crippen LogP contribution in [-0.4, -0.2) is 242 Å². The van der Waals surface area contributed by atoms with Crippen LogP contribution in [0, 0.1) is 27.1 Å². The highest BCUT2D eigenvalue weighted by Crippen LogP contribution is 2.42. The Morgan fingerprint density at radius 3 is 1.20 bits per heavy atom. The molecule has 8 aliphatic heterocycles. The van der Waals surface area contributed by atoms with Gasteiger partial charge in [0.25, 0.3) is 0 Å². The molecule has 0 aromatic carbocycles. The van der Waals surface area contributed by atoms with Gasteiger partial charge in [-0.05, 0) is 141 Å². The molecule has 0 aliphatic carbocycles. The normalized spacial score (nSPS) is 28.7. The highest BCUT2D eigenvalue weighted by Gasteiger charge is 2.49. The zero-order valence-electron chi connectivity index (χ0n) is 84.6. The highest BCUT2D eigenvalue weighted by atomic mass is 16.8. The second-order valence-electron chi connectivity index (χ2n) is 45.2. The standard InChI is InChI=1S/C21H40O4.2C20H38O5.2C20H40O4.4CH4/c1-7-8-9-10-17-16(22)13-18(24-17)19(20(2,3)4)23-14-15-11-12-21(5,6)25-15;1-7-8-9-10-16(22-12-14-13-23-20(5,6)25-14)17-11-15(21)18(24-17)19(2,3)4;1-7-8-9-10-15(21)16-11-17(18(24-16)19(2,3)4)22-12-14-13-23-20(5,6)25-14;1-7-8-9-10-11-12-13-17(18(21)19(2,3)4)22-14-16-15-23-20(5,6)24-16;1-7-8-9-10-11-12-13-17(21)18(19(2,3)4)22-14-16-15-23-20(5,6)24-16;;;;/h15-19,22H,7-14H2,1-6H3;2*14-18,21H,7-13H2,1-6H3;2*16-18,21H,7-15H2,1-6H3;4*1H4. The van der Waals surface area contributed by atoms with E-state index in [4.69, 9.17) is 80.5 Å². The molecule has 127 heavy (non-hydrogen) atoms. The second-order valence-corrected chi connectivity index (χ2v) is 45.2. The van der Waals surface area contributed by atoms with Crippen molar-refractivity contribution in [3.8, 4) is 0 Å². The van der Waals surface area contributed by atoms with Crippen molar-refractivity contribution in [2.75, 3.05) is 59.5 Å². The monoisotopic (exact) mass is 1830 g/mol. The molecule has 0 radical (unpaired) electrons. The van der Waals surface area contributed by atoms with Crippen LogP contribution in [0.25, 0.3) is 0 Å². The van der Waals surface area contributed by atoms with Crippen LogP contribution in [0.2, 0.25) is 0 Å². The van der Waals surface area contributed by atoms with Crippen molar-refractivity contribution in [2.24, 2.45) is 27.1 Å². The molecule has 0 amide bonds. The van der Waals surface area contributed by atoms with Crippen LogP contribution in [0.3, 0.4) is 0 Å². The van der Waals surface area contributed by atoms with Gasteiger partial charge in [0.05, 0.1) is 169 Å². The molecule has 0 aromatic heterocycles. The average molecular weight is 1830 g/mol. The summed E-state index contributed by atoms with van der Waals surface area (Å²) >= 11 is 0. The third kappa shape index (κ3) is 49.3. The molecular formula is C105H212O22. The van der Waals surface area contributed by atoms with Crippen LogP contribution >= 0.6 is 0 Å². The van der Waals surface area contributed by atoms with Crippen molar-refractivity contribution >= 4 is 0 Å². The summed E-state index contributed by atoms with van der Waals surface area (Å²) in [6, 6.07) is 0. The van der Waals surface area contributed by atoms with Gasteiger partial charge in [-0.2, -0.15) is 0 Å². The van der Waals surface area contributed by atoms with Gasteiger partial charge in [-0.3, -0.25) is 0 Å². The minimum Gasteiger partial charge on any atom is -0.390 e. The van der Waals surface area contributed by atoms with E-state index in [-0.39, 0.29) is 166 Å². The molecule has 22 nitrogen and oxygen atoms in total. The zero-order chi connectivity index (χ0) is 92.4. The summed E-state index contributed by atoms with van der Waals surface area (Å²) in [5.74, 6) is -2.10. The molecule has 8 heterocycles. The first-order valence-electron chi connectivity index (χ1n) is 49.6. The number of hydrogen-bond acceptors (Lipinski definition) is 22. The number of unbranched alkanes of at least 4 members (excludes halogenated alkanes) is 16. The van der Waals surface area contributed by atoms with Crippen molar-refractivity contribution in [3.05, 3.63) is 0 Å². The van der Waals surface area contributed by atoms with E-state index in [1.165, 1.54) is 89.9 Å². The molecule has 8 aliphatic rings. The van der Waals surface area contributed by atoms with E-state index in [0.29, 0.717) is 72.3 Å². The Hall–Kier alpha value is -0.880. The molecule has 8 rings (SSSR count). The Kier molecular flexibility index (Phi) is 59.7. The van der Waals surface area contributed by atoms with Gasteiger partial charge < -0.3 is 106 Å². The first kappa shape index (κ1) is 126. The fourth-order valence-corrected chi connectivity index (χ4v) is 18.0. The van der Waals surface area contributed by atoms with Crippen LogP contribution in [0.1, 0.15) is 436 Å². The number of aliphatic hydroxyl groups is 5. The Balaban J connectivity index is 0.00000155. The molecule has 0 aromatic rings. The molecule has 8 saturated heterocycles. The minimum absolute atomic E-state index is 0. The molecule has 5 N–H and O–H groups in total. The van der Waals surface area contributed by atoms with Crippen LogP contribution in [0.4, 0.5) is 0 Å². The molecule has 0 spiro atoms. The Labute approximate surface area is 782 Å². The topological polar surface area (TPSA) is 258 Å². The first-order valence-corrected chi connectivity index (χ1v) is 49.6. The quantitative estimate of drug-likeness (QED) is 0.0355. The minimum atomic E-state index is -0.526. The first-order chi connectivity index (χ1) is 57.2. The Bertz CT molecular complexity index is 2710. The molecular weight excluding hydrogens is 1610 g/mol. The third-order valence-corrected chi connectivity index (χ3v) is 24.9. The van der Waals surface area contributed by atoms with E-state index in [2.05, 4.69) is 152 Å². The summed E-state index contributed by atoms with van der Waals surface area (Å²) in [6.45, 7) is 67.5. The second kappa shape index (κ2) is 60.1. The Morgan fingerprint density at radius 2 is 0.772 bits per heavy atom. The SMILES string of the molecule is C.C.C.C.CCCCCC(O)C1CC(OCC2COC(C)(C)O2)C(C(C)(C)C)O1.CCCCCC(OCC1COC(C)(C)O1)C1CC(O)C(C(C)(C)C)O1.CCCCCC1OC(C(OCC2CCC(C)(C)O2)C(C)(C)C)CC1O.CCCCCCCCC(O)C(OCC1COC(C)(C)O1)C(C)(C)C.CCCCCCCCC(OCC1COC(C)(C)O1)C(O)C(C)(C)C. The van der Waals surface area contributed by atoms with Gasteiger partial charge >= 0.3 is 0 Å². The zero-order valence-corrected chi connectivity index (χ0v) is 84.6. The molecule has 8 fully saturated rings. The van der Waals surface area contributed by atoms with E-state index < -0.39 is 47.6 Å². The molecule has 764 valence electrons. The predicted octanol–water partition coefficient (Wildman–Crippen LogP) is 23.7. The average Bonchev–Trinajstić information content (AvgIpc) is 1.65. The van der Waals surface area contributed by atoms with Gasteiger partial charge in [-0.15, -0.1) is 0 Å². The lowest BCUT2D eigenvalue weighted by Crippen LogP contribution is -2.42. The lowest BCUT2D eigenvalue weighted by Gasteiger charge is -2.35. The maximum Gasteiger partial charge on any atom is 0.163 e. The van der Waals surface area contributed by atoms with Crippen molar-refractivity contribution in [2.45, 2.75) is 593 Å². The number of rotatable bonds is 46. The van der Waals surface area contributed by atoms with Gasteiger partial charge in [-0.1, -0.05) is 303 Å². The van der Waals surface area contributed by atoms with Crippen molar-refractivity contribution in [3.63, 3.8) is 0 Å². The van der Waals surface area contributed by atoms with Crippen LogP contribution in [0.15, 0.2) is 0 Å². The maximum atomic E-state index is 10.7. The summed E-state index contributed by atoms with van der Waals surface area (Å²) in [5.41, 5.74) is -0.453. The lowest BCUT2D eigenvalue weighted by atomic mass is 9.84. The van der Waals surface area contributed by atoms with Crippen LogP contribution < -0.4 is 0 Å². The number of aliphatic hydroxyl groups excluding tert-OH is 5.